The molecule has 0 radical (unpaired) electrons. The molecule has 20 heavy (non-hydrogen) atoms. The Bertz CT molecular complexity index is 617. The average molecular weight is 284 g/mol. The van der Waals surface area contributed by atoms with Gasteiger partial charge in [0.1, 0.15) is 11.9 Å². The first-order chi connectivity index (χ1) is 9.70. The summed E-state index contributed by atoms with van der Waals surface area (Å²) in [6.07, 6.45) is 2.12. The van der Waals surface area contributed by atoms with Crippen molar-refractivity contribution in [2.45, 2.75) is 18.9 Å². The zero-order valence-corrected chi connectivity index (χ0v) is 11.8. The highest BCUT2D eigenvalue weighted by Crippen LogP contribution is 2.26. The molecule has 0 atom stereocenters. The number of nitrogens with one attached hydrogen (secondary N) is 1. The molecule has 0 amide bonds. The van der Waals surface area contributed by atoms with Crippen LogP contribution in [0.15, 0.2) is 48.5 Å². The van der Waals surface area contributed by atoms with Gasteiger partial charge in [-0.2, -0.15) is 0 Å². The first-order valence-corrected chi connectivity index (χ1v) is 7.01. The summed E-state index contributed by atoms with van der Waals surface area (Å²) in [5, 5.41) is 3.18. The van der Waals surface area contributed by atoms with E-state index in [1.165, 1.54) is 11.1 Å². The highest BCUT2D eigenvalue weighted by molar-refractivity contribution is 7.80. The molecular formula is C16H16N2OS. The predicted molar refractivity (Wildman–Crippen MR) is 85.1 cm³/mol. The van der Waals surface area contributed by atoms with E-state index in [1.807, 2.05) is 24.3 Å². The number of rotatable bonds is 3. The maximum Gasteiger partial charge on any atom is 0.168 e. The molecule has 4 heteroatoms. The molecule has 0 bridgehead atoms. The molecule has 0 aliphatic heterocycles. The summed E-state index contributed by atoms with van der Waals surface area (Å²) >= 11 is 4.84. The van der Waals surface area contributed by atoms with E-state index in [0.29, 0.717) is 0 Å². The summed E-state index contributed by atoms with van der Waals surface area (Å²) in [6.45, 7) is 0. The van der Waals surface area contributed by atoms with E-state index in [1.54, 1.807) is 0 Å². The van der Waals surface area contributed by atoms with Crippen LogP contribution >= 0.6 is 12.2 Å². The third-order valence-electron chi connectivity index (χ3n) is 3.42. The van der Waals surface area contributed by atoms with Gasteiger partial charge in [0.05, 0.1) is 0 Å². The number of anilines is 1. The molecule has 0 aromatic heterocycles. The number of thiocarbonyl (C=S) groups is 1. The van der Waals surface area contributed by atoms with Gasteiger partial charge in [-0.1, -0.05) is 30.3 Å². The van der Waals surface area contributed by atoms with E-state index >= 15 is 0 Å². The minimum atomic E-state index is 0.201. The van der Waals surface area contributed by atoms with Crippen LogP contribution in [0.5, 0.6) is 5.75 Å². The zero-order chi connectivity index (χ0) is 13.9. The number of fused-ring (bicyclic) bond motifs is 1. The Labute approximate surface area is 123 Å². The number of benzene rings is 2. The molecule has 1 aliphatic carbocycles. The van der Waals surface area contributed by atoms with Crippen molar-refractivity contribution in [3.8, 4) is 5.75 Å². The summed E-state index contributed by atoms with van der Waals surface area (Å²) in [5.74, 6) is 0.837. The fraction of sp³-hybridized carbons (Fsp3) is 0.188. The van der Waals surface area contributed by atoms with Gasteiger partial charge >= 0.3 is 0 Å². The third kappa shape index (κ3) is 2.91. The van der Waals surface area contributed by atoms with E-state index in [4.69, 9.17) is 22.7 Å². The second-order valence-corrected chi connectivity index (χ2v) is 5.37. The van der Waals surface area contributed by atoms with Crippen LogP contribution in [0.1, 0.15) is 11.1 Å². The molecule has 3 rings (SSSR count). The molecule has 102 valence electrons. The predicted octanol–water partition coefficient (Wildman–Crippen LogP) is 2.89. The van der Waals surface area contributed by atoms with Crippen LogP contribution in [0.25, 0.3) is 0 Å². The lowest BCUT2D eigenvalue weighted by Gasteiger charge is -2.14. The van der Waals surface area contributed by atoms with Crippen LogP contribution in [0.2, 0.25) is 0 Å². The van der Waals surface area contributed by atoms with Crippen molar-refractivity contribution < 1.29 is 4.74 Å². The second kappa shape index (κ2) is 5.51. The maximum atomic E-state index is 6.06. The summed E-state index contributed by atoms with van der Waals surface area (Å²) in [4.78, 5) is 0. The standard InChI is InChI=1S/C16H16N2OS/c17-16(20)18-13-6-3-7-14(10-13)19-15-8-11-4-1-2-5-12(11)9-15/h1-7,10,15H,8-9H2,(H3,17,18,20). The minimum absolute atomic E-state index is 0.201. The molecular weight excluding hydrogens is 268 g/mol. The lowest BCUT2D eigenvalue weighted by molar-refractivity contribution is 0.214. The van der Waals surface area contributed by atoms with Crippen LogP contribution < -0.4 is 15.8 Å². The highest BCUT2D eigenvalue weighted by atomic mass is 32.1. The third-order valence-corrected chi connectivity index (χ3v) is 3.52. The number of hydrogen-bond donors (Lipinski definition) is 2. The van der Waals surface area contributed by atoms with Crippen molar-refractivity contribution >= 4 is 23.0 Å². The van der Waals surface area contributed by atoms with Crippen molar-refractivity contribution in [3.63, 3.8) is 0 Å². The van der Waals surface area contributed by atoms with Gasteiger partial charge in [0.2, 0.25) is 0 Å². The quantitative estimate of drug-likeness (QED) is 0.851. The van der Waals surface area contributed by atoms with Crippen molar-refractivity contribution in [2.24, 2.45) is 5.73 Å². The molecule has 2 aromatic rings. The van der Waals surface area contributed by atoms with Crippen molar-refractivity contribution in [3.05, 3.63) is 59.7 Å². The van der Waals surface area contributed by atoms with Gasteiger partial charge in [-0.3, -0.25) is 0 Å². The van der Waals surface area contributed by atoms with Crippen LogP contribution in [0.3, 0.4) is 0 Å². The first-order valence-electron chi connectivity index (χ1n) is 6.60. The molecule has 3 nitrogen and oxygen atoms in total. The molecule has 1 aliphatic rings. The first kappa shape index (κ1) is 12.9. The van der Waals surface area contributed by atoms with E-state index in [2.05, 4.69) is 29.6 Å². The van der Waals surface area contributed by atoms with Crippen molar-refractivity contribution in [1.82, 2.24) is 0 Å². The van der Waals surface area contributed by atoms with E-state index in [9.17, 15) is 0 Å². The molecule has 0 unspecified atom stereocenters. The van der Waals surface area contributed by atoms with Crippen LogP contribution in [-0.2, 0) is 12.8 Å². The van der Waals surface area contributed by atoms with Crippen molar-refractivity contribution in [2.75, 3.05) is 5.32 Å². The Morgan fingerprint density at radius 1 is 1.10 bits per heavy atom. The van der Waals surface area contributed by atoms with Crippen molar-refractivity contribution in [1.29, 1.82) is 0 Å². The van der Waals surface area contributed by atoms with E-state index in [0.717, 1.165) is 24.3 Å². The Hall–Kier alpha value is -2.07. The molecule has 2 aromatic carbocycles. The van der Waals surface area contributed by atoms with Gasteiger partial charge in [-0.15, -0.1) is 0 Å². The van der Waals surface area contributed by atoms with E-state index in [-0.39, 0.29) is 11.2 Å². The minimum Gasteiger partial charge on any atom is -0.490 e. The number of ether oxygens (including phenoxy) is 1. The van der Waals surface area contributed by atoms with Crippen LogP contribution in [0, 0.1) is 0 Å². The number of nitrogens with two attached hydrogens (primary N) is 1. The second-order valence-electron chi connectivity index (χ2n) is 4.93. The molecule has 0 saturated carbocycles. The largest absolute Gasteiger partial charge is 0.490 e. The monoisotopic (exact) mass is 284 g/mol. The van der Waals surface area contributed by atoms with Crippen LogP contribution in [-0.4, -0.2) is 11.2 Å². The molecule has 0 spiro atoms. The van der Waals surface area contributed by atoms with Gasteiger partial charge in [0.15, 0.2) is 5.11 Å². The fourth-order valence-electron chi connectivity index (χ4n) is 2.58. The van der Waals surface area contributed by atoms with Gasteiger partial charge in [0, 0.05) is 24.6 Å². The summed E-state index contributed by atoms with van der Waals surface area (Å²) in [7, 11) is 0. The fourth-order valence-corrected chi connectivity index (χ4v) is 2.70. The molecule has 3 N–H and O–H groups in total. The highest BCUT2D eigenvalue weighted by Gasteiger charge is 2.22. The van der Waals surface area contributed by atoms with Gasteiger partial charge in [0.25, 0.3) is 0 Å². The van der Waals surface area contributed by atoms with Gasteiger partial charge in [-0.25, -0.2) is 0 Å². The Balaban J connectivity index is 1.69. The summed E-state index contributed by atoms with van der Waals surface area (Å²) in [6, 6.07) is 16.2. The molecule has 0 saturated heterocycles. The lowest BCUT2D eigenvalue weighted by atomic mass is 10.1. The Kier molecular flexibility index (Phi) is 3.56. The van der Waals surface area contributed by atoms with Gasteiger partial charge in [-0.05, 0) is 35.5 Å². The lowest BCUT2D eigenvalue weighted by Crippen LogP contribution is -2.19. The number of hydrogen-bond acceptors (Lipinski definition) is 2. The molecule has 0 heterocycles. The normalized spacial score (nSPS) is 13.8. The Morgan fingerprint density at radius 3 is 2.45 bits per heavy atom. The summed E-state index contributed by atoms with van der Waals surface area (Å²) < 4.78 is 6.06. The Morgan fingerprint density at radius 2 is 1.80 bits per heavy atom. The van der Waals surface area contributed by atoms with Crippen LogP contribution in [0.4, 0.5) is 5.69 Å². The zero-order valence-electron chi connectivity index (χ0n) is 11.0. The average Bonchev–Trinajstić information content (AvgIpc) is 2.80. The van der Waals surface area contributed by atoms with Gasteiger partial charge < -0.3 is 15.8 Å². The smallest absolute Gasteiger partial charge is 0.168 e. The topological polar surface area (TPSA) is 47.3 Å². The SMILES string of the molecule is NC(=S)Nc1cccc(OC2Cc3ccccc3C2)c1. The molecule has 0 fully saturated rings. The summed E-state index contributed by atoms with van der Waals surface area (Å²) in [5.41, 5.74) is 9.10. The van der Waals surface area contributed by atoms with E-state index < -0.39 is 0 Å². The maximum absolute atomic E-state index is 6.06.